The summed E-state index contributed by atoms with van der Waals surface area (Å²) in [6, 6.07) is 9.61. The SMILES string of the molecule is CCC(C)NC(=O)C(CC)N(Cc1ccc(Cl)c(Cl)c1)C(=O)CN1C(=O)c2ccccc2S1(=O)=O. The van der Waals surface area contributed by atoms with Crippen molar-refractivity contribution in [2.75, 3.05) is 6.54 Å². The Labute approximate surface area is 215 Å². The van der Waals surface area contributed by atoms with Crippen molar-refractivity contribution in [1.82, 2.24) is 14.5 Å². The van der Waals surface area contributed by atoms with Crippen LogP contribution in [0.15, 0.2) is 47.4 Å². The van der Waals surface area contributed by atoms with Gasteiger partial charge in [-0.25, -0.2) is 12.7 Å². The molecule has 2 unspecified atom stereocenters. The van der Waals surface area contributed by atoms with Crippen molar-refractivity contribution >= 4 is 50.9 Å². The molecule has 11 heteroatoms. The summed E-state index contributed by atoms with van der Waals surface area (Å²) in [6.45, 7) is 4.76. The monoisotopic (exact) mass is 539 g/mol. The number of rotatable bonds is 9. The summed E-state index contributed by atoms with van der Waals surface area (Å²) in [5, 5.41) is 3.49. The highest BCUT2D eigenvalue weighted by Gasteiger charge is 2.43. The molecule has 3 amide bonds. The maximum atomic E-state index is 13.5. The highest BCUT2D eigenvalue weighted by Crippen LogP contribution is 2.30. The molecule has 0 bridgehead atoms. The third-order valence-corrected chi connectivity index (χ3v) is 8.44. The predicted octanol–water partition coefficient (Wildman–Crippen LogP) is 3.86. The number of hydrogen-bond acceptors (Lipinski definition) is 5. The molecule has 0 aromatic heterocycles. The zero-order valence-corrected chi connectivity index (χ0v) is 22.0. The first kappa shape index (κ1) is 27.0. The van der Waals surface area contributed by atoms with Crippen molar-refractivity contribution in [3.05, 3.63) is 63.6 Å². The van der Waals surface area contributed by atoms with Gasteiger partial charge in [-0.15, -0.1) is 0 Å². The van der Waals surface area contributed by atoms with Crippen LogP contribution in [-0.2, 0) is 26.2 Å². The van der Waals surface area contributed by atoms with E-state index >= 15 is 0 Å². The minimum Gasteiger partial charge on any atom is -0.352 e. The number of carbonyl (C=O) groups excluding carboxylic acids is 3. The van der Waals surface area contributed by atoms with Crippen molar-refractivity contribution in [1.29, 1.82) is 0 Å². The second-order valence-electron chi connectivity index (χ2n) is 8.33. The fourth-order valence-corrected chi connectivity index (χ4v) is 5.64. The van der Waals surface area contributed by atoms with Crippen LogP contribution in [0.3, 0.4) is 0 Å². The molecule has 2 aromatic carbocycles. The summed E-state index contributed by atoms with van der Waals surface area (Å²) in [4.78, 5) is 40.6. The molecule has 1 aliphatic rings. The van der Waals surface area contributed by atoms with E-state index in [9.17, 15) is 22.8 Å². The molecule has 0 aliphatic carbocycles. The average Bonchev–Trinajstić information content (AvgIpc) is 3.01. The van der Waals surface area contributed by atoms with Crippen molar-refractivity contribution in [2.45, 2.75) is 57.1 Å². The molecule has 0 spiro atoms. The van der Waals surface area contributed by atoms with Crippen LogP contribution in [0.2, 0.25) is 10.0 Å². The third kappa shape index (κ3) is 5.63. The van der Waals surface area contributed by atoms with E-state index in [4.69, 9.17) is 23.2 Å². The van der Waals surface area contributed by atoms with Crippen LogP contribution >= 0.6 is 23.2 Å². The number of nitrogens with one attached hydrogen (secondary N) is 1. The Balaban J connectivity index is 1.94. The highest BCUT2D eigenvalue weighted by atomic mass is 35.5. The van der Waals surface area contributed by atoms with Gasteiger partial charge in [0.15, 0.2) is 0 Å². The molecule has 188 valence electrons. The van der Waals surface area contributed by atoms with Crippen molar-refractivity contribution < 1.29 is 22.8 Å². The van der Waals surface area contributed by atoms with E-state index in [0.717, 1.165) is 0 Å². The summed E-state index contributed by atoms with van der Waals surface area (Å²) in [6.07, 6.45) is 0.970. The molecule has 2 aromatic rings. The number of carbonyl (C=O) groups is 3. The minimum atomic E-state index is -4.19. The molecule has 1 N–H and O–H groups in total. The Kier molecular flexibility index (Phi) is 8.46. The summed E-state index contributed by atoms with van der Waals surface area (Å²) in [5.74, 6) is -1.83. The lowest BCUT2D eigenvalue weighted by molar-refractivity contribution is -0.141. The van der Waals surface area contributed by atoms with Gasteiger partial charge < -0.3 is 10.2 Å². The lowest BCUT2D eigenvalue weighted by Crippen LogP contribution is -2.53. The van der Waals surface area contributed by atoms with Crippen molar-refractivity contribution in [3.63, 3.8) is 0 Å². The van der Waals surface area contributed by atoms with Crippen LogP contribution in [0.5, 0.6) is 0 Å². The largest absolute Gasteiger partial charge is 0.352 e. The molecule has 0 radical (unpaired) electrons. The van der Waals surface area contributed by atoms with Gasteiger partial charge in [0.05, 0.1) is 15.6 Å². The van der Waals surface area contributed by atoms with E-state index in [1.54, 1.807) is 31.2 Å². The van der Waals surface area contributed by atoms with Gasteiger partial charge in [0.1, 0.15) is 17.5 Å². The zero-order valence-electron chi connectivity index (χ0n) is 19.6. The number of nitrogens with zero attached hydrogens (tertiary/aromatic N) is 2. The van der Waals surface area contributed by atoms with Crippen LogP contribution in [-0.4, -0.2) is 54.0 Å². The first-order valence-corrected chi connectivity index (χ1v) is 13.4. The molecular weight excluding hydrogens is 513 g/mol. The topological polar surface area (TPSA) is 104 Å². The second kappa shape index (κ2) is 11.0. The lowest BCUT2D eigenvalue weighted by atomic mass is 10.1. The molecule has 35 heavy (non-hydrogen) atoms. The summed E-state index contributed by atoms with van der Waals surface area (Å²) in [5.41, 5.74) is 0.610. The molecule has 2 atom stereocenters. The first-order chi connectivity index (χ1) is 16.5. The quantitative estimate of drug-likeness (QED) is 0.520. The number of benzene rings is 2. The fourth-order valence-electron chi connectivity index (χ4n) is 3.80. The molecule has 3 rings (SSSR count). The maximum absolute atomic E-state index is 13.5. The van der Waals surface area contributed by atoms with Crippen LogP contribution in [0.4, 0.5) is 0 Å². The minimum absolute atomic E-state index is 0.0119. The Morgan fingerprint density at radius 1 is 1.06 bits per heavy atom. The number of hydrogen-bond donors (Lipinski definition) is 1. The van der Waals surface area contributed by atoms with E-state index in [1.807, 2.05) is 13.8 Å². The molecule has 1 aliphatic heterocycles. The van der Waals surface area contributed by atoms with Crippen molar-refractivity contribution in [2.24, 2.45) is 0 Å². The number of amides is 3. The van der Waals surface area contributed by atoms with Gasteiger partial charge in [0.2, 0.25) is 11.8 Å². The van der Waals surface area contributed by atoms with Gasteiger partial charge in [-0.1, -0.05) is 55.2 Å². The van der Waals surface area contributed by atoms with Gasteiger partial charge in [-0.2, -0.15) is 0 Å². The summed E-state index contributed by atoms with van der Waals surface area (Å²) in [7, 11) is -4.19. The van der Waals surface area contributed by atoms with Crippen molar-refractivity contribution in [3.8, 4) is 0 Å². The average molecular weight is 540 g/mol. The molecule has 0 saturated carbocycles. The Bertz CT molecular complexity index is 1250. The summed E-state index contributed by atoms with van der Waals surface area (Å²) >= 11 is 12.2. The summed E-state index contributed by atoms with van der Waals surface area (Å²) < 4.78 is 26.5. The van der Waals surface area contributed by atoms with E-state index in [2.05, 4.69) is 5.32 Å². The van der Waals surface area contributed by atoms with Gasteiger partial charge in [0.25, 0.3) is 15.9 Å². The second-order valence-corrected chi connectivity index (χ2v) is 11.0. The zero-order chi connectivity index (χ0) is 25.9. The van der Waals surface area contributed by atoms with Gasteiger partial charge in [-0.05, 0) is 49.6 Å². The normalized spacial score (nSPS) is 15.9. The van der Waals surface area contributed by atoms with Crippen LogP contribution in [0, 0.1) is 0 Å². The van der Waals surface area contributed by atoms with E-state index in [-0.39, 0.29) is 40.4 Å². The molecule has 8 nitrogen and oxygen atoms in total. The van der Waals surface area contributed by atoms with Crippen LogP contribution in [0.25, 0.3) is 0 Å². The fraction of sp³-hybridized carbons (Fsp3) is 0.375. The molecular formula is C24H27Cl2N3O5S. The standard InChI is InChI=1S/C24H27Cl2N3O5S/c1-4-15(3)27-23(31)20(5-2)28(13-16-10-11-18(25)19(26)12-16)22(30)14-29-24(32)17-8-6-7-9-21(17)35(29,33)34/h6-12,15,20H,4-5,13-14H2,1-3H3,(H,27,31). The van der Waals surface area contributed by atoms with E-state index in [1.165, 1.54) is 23.1 Å². The molecule has 0 saturated heterocycles. The van der Waals surface area contributed by atoms with Gasteiger partial charge in [-0.3, -0.25) is 14.4 Å². The predicted molar refractivity (Wildman–Crippen MR) is 134 cm³/mol. The Morgan fingerprint density at radius 2 is 1.74 bits per heavy atom. The maximum Gasteiger partial charge on any atom is 0.269 e. The van der Waals surface area contributed by atoms with E-state index < -0.39 is 34.4 Å². The van der Waals surface area contributed by atoms with Gasteiger partial charge in [0, 0.05) is 12.6 Å². The lowest BCUT2D eigenvalue weighted by Gasteiger charge is -2.32. The molecule has 0 fully saturated rings. The van der Waals surface area contributed by atoms with E-state index in [0.29, 0.717) is 21.3 Å². The number of fused-ring (bicyclic) bond motifs is 1. The highest BCUT2D eigenvalue weighted by molar-refractivity contribution is 7.90. The Hall–Kier alpha value is -2.62. The first-order valence-electron chi connectivity index (χ1n) is 11.2. The third-order valence-electron chi connectivity index (χ3n) is 5.91. The smallest absolute Gasteiger partial charge is 0.269 e. The van der Waals surface area contributed by atoms with Crippen LogP contribution < -0.4 is 5.32 Å². The van der Waals surface area contributed by atoms with Gasteiger partial charge >= 0.3 is 0 Å². The number of sulfonamides is 1. The molecule has 1 heterocycles. The Morgan fingerprint density at radius 3 is 2.34 bits per heavy atom. The van der Waals surface area contributed by atoms with Crippen LogP contribution in [0.1, 0.15) is 49.5 Å². The number of halogens is 2.